The second-order valence-corrected chi connectivity index (χ2v) is 2.63. The van der Waals surface area contributed by atoms with Gasteiger partial charge in [-0.2, -0.15) is 0 Å². The number of anilines is 1. The SMILES string of the molecule is Nc1nccn1-c1ccc(F)cc1. The van der Waals surface area contributed by atoms with Gasteiger partial charge in [0.25, 0.3) is 0 Å². The number of nitrogen functional groups attached to an aromatic ring is 1. The number of hydrogen-bond donors (Lipinski definition) is 1. The molecular formula is C9H8FN3. The Labute approximate surface area is 74.6 Å². The van der Waals surface area contributed by atoms with Crippen molar-refractivity contribution < 1.29 is 4.39 Å². The molecule has 0 aliphatic heterocycles. The van der Waals surface area contributed by atoms with E-state index in [-0.39, 0.29) is 5.82 Å². The van der Waals surface area contributed by atoms with Crippen LogP contribution in [-0.2, 0) is 0 Å². The van der Waals surface area contributed by atoms with E-state index in [0.717, 1.165) is 5.69 Å². The standard InChI is InChI=1S/C9H8FN3/c10-7-1-3-8(4-2-7)13-6-5-12-9(13)11/h1-6H,(H2,11,12). The molecule has 1 aromatic carbocycles. The molecule has 0 saturated carbocycles. The zero-order chi connectivity index (χ0) is 9.26. The predicted molar refractivity (Wildman–Crippen MR) is 47.9 cm³/mol. The van der Waals surface area contributed by atoms with Gasteiger partial charge < -0.3 is 5.73 Å². The van der Waals surface area contributed by atoms with E-state index in [1.54, 1.807) is 29.1 Å². The molecule has 66 valence electrons. The van der Waals surface area contributed by atoms with Crippen LogP contribution in [0.1, 0.15) is 0 Å². The van der Waals surface area contributed by atoms with E-state index < -0.39 is 0 Å². The molecular weight excluding hydrogens is 169 g/mol. The summed E-state index contributed by atoms with van der Waals surface area (Å²) in [5, 5.41) is 0. The van der Waals surface area contributed by atoms with Gasteiger partial charge in [-0.3, -0.25) is 4.57 Å². The molecule has 0 spiro atoms. The molecule has 1 heterocycles. The third-order valence-corrected chi connectivity index (χ3v) is 1.77. The number of benzene rings is 1. The molecule has 0 aliphatic carbocycles. The van der Waals surface area contributed by atoms with Gasteiger partial charge in [-0.25, -0.2) is 9.37 Å². The minimum absolute atomic E-state index is 0.262. The van der Waals surface area contributed by atoms with Crippen molar-refractivity contribution in [3.8, 4) is 5.69 Å². The summed E-state index contributed by atoms with van der Waals surface area (Å²) in [6, 6.07) is 6.06. The van der Waals surface area contributed by atoms with Gasteiger partial charge in [0.15, 0.2) is 0 Å². The summed E-state index contributed by atoms with van der Waals surface area (Å²) in [7, 11) is 0. The summed E-state index contributed by atoms with van der Waals surface area (Å²) in [5.41, 5.74) is 6.37. The number of nitrogens with zero attached hydrogens (tertiary/aromatic N) is 2. The topological polar surface area (TPSA) is 43.8 Å². The monoisotopic (exact) mass is 177 g/mol. The largest absolute Gasteiger partial charge is 0.369 e. The molecule has 0 saturated heterocycles. The zero-order valence-electron chi connectivity index (χ0n) is 6.81. The first kappa shape index (κ1) is 7.79. The molecule has 13 heavy (non-hydrogen) atoms. The Bertz CT molecular complexity index is 405. The number of halogens is 1. The van der Waals surface area contributed by atoms with Crippen molar-refractivity contribution in [2.24, 2.45) is 0 Å². The Hall–Kier alpha value is -1.84. The second kappa shape index (κ2) is 2.90. The van der Waals surface area contributed by atoms with Crippen molar-refractivity contribution in [3.63, 3.8) is 0 Å². The highest BCUT2D eigenvalue weighted by molar-refractivity contribution is 5.38. The summed E-state index contributed by atoms with van der Waals surface area (Å²) in [6.45, 7) is 0. The van der Waals surface area contributed by atoms with Crippen LogP contribution in [0.3, 0.4) is 0 Å². The maximum Gasteiger partial charge on any atom is 0.204 e. The average Bonchev–Trinajstić information content (AvgIpc) is 2.53. The molecule has 2 aromatic rings. The van der Waals surface area contributed by atoms with Crippen LogP contribution in [0.25, 0.3) is 5.69 Å². The fourth-order valence-corrected chi connectivity index (χ4v) is 1.13. The van der Waals surface area contributed by atoms with E-state index in [1.165, 1.54) is 12.1 Å². The zero-order valence-corrected chi connectivity index (χ0v) is 6.81. The molecule has 0 unspecified atom stereocenters. The van der Waals surface area contributed by atoms with Gasteiger partial charge in [-0.05, 0) is 24.3 Å². The molecule has 0 bridgehead atoms. The molecule has 4 heteroatoms. The number of nitrogens with two attached hydrogens (primary N) is 1. The first-order valence-corrected chi connectivity index (χ1v) is 3.82. The van der Waals surface area contributed by atoms with Crippen molar-refractivity contribution in [2.75, 3.05) is 5.73 Å². The fourth-order valence-electron chi connectivity index (χ4n) is 1.13. The van der Waals surface area contributed by atoms with Crippen molar-refractivity contribution in [1.82, 2.24) is 9.55 Å². The van der Waals surface area contributed by atoms with E-state index >= 15 is 0 Å². The van der Waals surface area contributed by atoms with Crippen LogP contribution in [0, 0.1) is 5.82 Å². The van der Waals surface area contributed by atoms with Gasteiger partial charge in [0.2, 0.25) is 5.95 Å². The number of imidazole rings is 1. The molecule has 1 aromatic heterocycles. The lowest BCUT2D eigenvalue weighted by Gasteiger charge is -2.02. The molecule has 0 fully saturated rings. The minimum atomic E-state index is -0.262. The highest BCUT2D eigenvalue weighted by Gasteiger charge is 1.99. The van der Waals surface area contributed by atoms with Crippen molar-refractivity contribution in [2.45, 2.75) is 0 Å². The average molecular weight is 177 g/mol. The van der Waals surface area contributed by atoms with Gasteiger partial charge in [-0.15, -0.1) is 0 Å². The van der Waals surface area contributed by atoms with Gasteiger partial charge in [0.05, 0.1) is 0 Å². The van der Waals surface area contributed by atoms with E-state index in [1.807, 2.05) is 0 Å². The molecule has 2 N–H and O–H groups in total. The first-order chi connectivity index (χ1) is 6.27. The van der Waals surface area contributed by atoms with E-state index in [4.69, 9.17) is 5.73 Å². The maximum atomic E-state index is 12.6. The smallest absolute Gasteiger partial charge is 0.204 e. The Kier molecular flexibility index (Phi) is 1.73. The van der Waals surface area contributed by atoms with Crippen LogP contribution in [0.15, 0.2) is 36.7 Å². The maximum absolute atomic E-state index is 12.6. The summed E-state index contributed by atoms with van der Waals surface area (Å²) >= 11 is 0. The summed E-state index contributed by atoms with van der Waals surface area (Å²) < 4.78 is 14.3. The molecule has 2 rings (SSSR count). The van der Waals surface area contributed by atoms with Gasteiger partial charge in [0, 0.05) is 18.1 Å². The van der Waals surface area contributed by atoms with Gasteiger partial charge in [0.1, 0.15) is 5.82 Å². The van der Waals surface area contributed by atoms with Gasteiger partial charge >= 0.3 is 0 Å². The first-order valence-electron chi connectivity index (χ1n) is 3.82. The molecule has 0 radical (unpaired) electrons. The number of hydrogen-bond acceptors (Lipinski definition) is 2. The molecule has 3 nitrogen and oxygen atoms in total. The summed E-state index contributed by atoms with van der Waals surface area (Å²) in [5.74, 6) is 0.133. The third kappa shape index (κ3) is 1.38. The molecule has 0 amide bonds. The van der Waals surface area contributed by atoms with Crippen LogP contribution in [0.2, 0.25) is 0 Å². The summed E-state index contributed by atoms with van der Waals surface area (Å²) in [6.07, 6.45) is 3.32. The fraction of sp³-hybridized carbons (Fsp3) is 0. The van der Waals surface area contributed by atoms with E-state index in [2.05, 4.69) is 4.98 Å². The molecule has 0 atom stereocenters. The number of rotatable bonds is 1. The minimum Gasteiger partial charge on any atom is -0.369 e. The van der Waals surface area contributed by atoms with Crippen LogP contribution in [-0.4, -0.2) is 9.55 Å². The predicted octanol–water partition coefficient (Wildman–Crippen LogP) is 1.59. The van der Waals surface area contributed by atoms with Crippen molar-refractivity contribution >= 4 is 5.95 Å². The lowest BCUT2D eigenvalue weighted by atomic mass is 10.3. The summed E-state index contributed by atoms with van der Waals surface area (Å²) in [4.78, 5) is 3.86. The Balaban J connectivity index is 2.47. The quantitative estimate of drug-likeness (QED) is 0.718. The molecule has 0 aliphatic rings. The second-order valence-electron chi connectivity index (χ2n) is 2.63. The lowest BCUT2D eigenvalue weighted by molar-refractivity contribution is 0.627. The number of aromatic nitrogens is 2. The van der Waals surface area contributed by atoms with Crippen LogP contribution in [0.4, 0.5) is 10.3 Å². The van der Waals surface area contributed by atoms with Crippen LogP contribution >= 0.6 is 0 Å². The highest BCUT2D eigenvalue weighted by atomic mass is 19.1. The van der Waals surface area contributed by atoms with Crippen molar-refractivity contribution in [1.29, 1.82) is 0 Å². The Morgan fingerprint density at radius 2 is 1.92 bits per heavy atom. The van der Waals surface area contributed by atoms with E-state index in [9.17, 15) is 4.39 Å². The van der Waals surface area contributed by atoms with Crippen LogP contribution < -0.4 is 5.73 Å². The highest BCUT2D eigenvalue weighted by Crippen LogP contribution is 2.11. The lowest BCUT2D eigenvalue weighted by Crippen LogP contribution is -1.99. The Morgan fingerprint density at radius 3 is 2.46 bits per heavy atom. The van der Waals surface area contributed by atoms with Crippen molar-refractivity contribution in [3.05, 3.63) is 42.5 Å². The normalized spacial score (nSPS) is 10.2. The van der Waals surface area contributed by atoms with E-state index in [0.29, 0.717) is 5.95 Å². The third-order valence-electron chi connectivity index (χ3n) is 1.77. The van der Waals surface area contributed by atoms with Gasteiger partial charge in [-0.1, -0.05) is 0 Å². The van der Waals surface area contributed by atoms with Crippen LogP contribution in [0.5, 0.6) is 0 Å². The Morgan fingerprint density at radius 1 is 1.23 bits per heavy atom.